The lowest BCUT2D eigenvalue weighted by Gasteiger charge is -2.37. The number of aliphatic imine (C=N–C) groups is 1. The zero-order chi connectivity index (χ0) is 19.1. The molecule has 0 radical (unpaired) electrons. The zero-order valence-corrected chi connectivity index (χ0v) is 18.0. The molecule has 1 amide bonds. The fourth-order valence-corrected chi connectivity index (χ4v) is 2.92. The van der Waals surface area contributed by atoms with Crippen molar-refractivity contribution in [1.82, 2.24) is 15.2 Å². The summed E-state index contributed by atoms with van der Waals surface area (Å²) in [5.41, 5.74) is 0.558. The number of rotatable bonds is 4. The van der Waals surface area contributed by atoms with E-state index in [1.807, 2.05) is 18.2 Å². The minimum atomic E-state index is -0.337. The summed E-state index contributed by atoms with van der Waals surface area (Å²) in [6.07, 6.45) is 1.79. The van der Waals surface area contributed by atoms with Gasteiger partial charge in [0.05, 0.1) is 6.54 Å². The topological polar surface area (TPSA) is 72.9 Å². The Balaban J connectivity index is 0.00000280. The molecule has 1 saturated heterocycles. The summed E-state index contributed by atoms with van der Waals surface area (Å²) in [5.74, 6) is 1.11. The highest BCUT2D eigenvalue weighted by atomic mass is 127. The standard InChI is InChI=1S/C19H23FN6O.HI/c1-21-19(23-14-18(27)24-16-7-5-15(20)6-8-16)26-12-10-25(11-13-26)17-4-2-3-9-22-17;/h2-9H,10-14H2,1H3,(H,21,23)(H,24,27);1H. The van der Waals surface area contributed by atoms with Gasteiger partial charge in [0, 0.05) is 45.1 Å². The van der Waals surface area contributed by atoms with Gasteiger partial charge in [0.1, 0.15) is 11.6 Å². The quantitative estimate of drug-likeness (QED) is 0.384. The van der Waals surface area contributed by atoms with E-state index < -0.39 is 0 Å². The zero-order valence-electron chi connectivity index (χ0n) is 15.6. The molecule has 0 unspecified atom stereocenters. The van der Waals surface area contributed by atoms with E-state index in [0.29, 0.717) is 11.6 Å². The van der Waals surface area contributed by atoms with Gasteiger partial charge in [0.15, 0.2) is 5.96 Å². The molecule has 1 aliphatic rings. The molecule has 2 N–H and O–H groups in total. The second-order valence-electron chi connectivity index (χ2n) is 6.12. The van der Waals surface area contributed by atoms with Crippen molar-refractivity contribution >= 4 is 47.3 Å². The molecule has 1 aromatic heterocycles. The third kappa shape index (κ3) is 6.04. The number of carbonyl (C=O) groups excluding carboxylic acids is 1. The van der Waals surface area contributed by atoms with E-state index >= 15 is 0 Å². The van der Waals surface area contributed by atoms with Crippen LogP contribution in [-0.2, 0) is 4.79 Å². The van der Waals surface area contributed by atoms with Gasteiger partial charge in [-0.3, -0.25) is 9.79 Å². The normalized spacial score (nSPS) is 14.3. The number of carbonyl (C=O) groups is 1. The largest absolute Gasteiger partial charge is 0.353 e. The van der Waals surface area contributed by atoms with Crippen molar-refractivity contribution in [2.75, 3.05) is 50.0 Å². The van der Waals surface area contributed by atoms with Gasteiger partial charge >= 0.3 is 0 Å². The van der Waals surface area contributed by atoms with Crippen LogP contribution in [0.5, 0.6) is 0 Å². The van der Waals surface area contributed by atoms with Crippen LogP contribution in [0.15, 0.2) is 53.7 Å². The number of amides is 1. The summed E-state index contributed by atoms with van der Waals surface area (Å²) in [5, 5.41) is 5.80. The molecular formula is C19H24FIN6O. The Kier molecular flexibility index (Phi) is 8.42. The van der Waals surface area contributed by atoms with Gasteiger partial charge in [-0.1, -0.05) is 6.07 Å². The van der Waals surface area contributed by atoms with Crippen LogP contribution in [0.1, 0.15) is 0 Å². The molecular weight excluding hydrogens is 474 g/mol. The molecule has 7 nitrogen and oxygen atoms in total. The number of piperazine rings is 1. The van der Waals surface area contributed by atoms with E-state index in [1.54, 1.807) is 13.2 Å². The molecule has 9 heteroatoms. The van der Waals surface area contributed by atoms with Crippen molar-refractivity contribution in [3.05, 3.63) is 54.5 Å². The Hall–Kier alpha value is -2.43. The minimum Gasteiger partial charge on any atom is -0.353 e. The van der Waals surface area contributed by atoms with Crippen molar-refractivity contribution in [1.29, 1.82) is 0 Å². The lowest BCUT2D eigenvalue weighted by atomic mass is 10.3. The van der Waals surface area contributed by atoms with E-state index in [2.05, 4.69) is 30.4 Å². The molecule has 2 heterocycles. The number of guanidine groups is 1. The molecule has 28 heavy (non-hydrogen) atoms. The fraction of sp³-hybridized carbons (Fsp3) is 0.316. The maximum absolute atomic E-state index is 12.9. The molecule has 0 atom stereocenters. The molecule has 1 aromatic carbocycles. The molecule has 0 spiro atoms. The number of hydrogen-bond acceptors (Lipinski definition) is 4. The Morgan fingerprint density at radius 1 is 1.14 bits per heavy atom. The number of benzene rings is 1. The van der Waals surface area contributed by atoms with Gasteiger partial charge in [-0.05, 0) is 36.4 Å². The molecule has 1 aliphatic heterocycles. The highest BCUT2D eigenvalue weighted by Gasteiger charge is 2.20. The summed E-state index contributed by atoms with van der Waals surface area (Å²) in [6, 6.07) is 11.6. The van der Waals surface area contributed by atoms with E-state index in [9.17, 15) is 9.18 Å². The van der Waals surface area contributed by atoms with Crippen LogP contribution in [0.3, 0.4) is 0 Å². The minimum absolute atomic E-state index is 0. The maximum Gasteiger partial charge on any atom is 0.243 e. The summed E-state index contributed by atoms with van der Waals surface area (Å²) in [6.45, 7) is 3.33. The van der Waals surface area contributed by atoms with Gasteiger partial charge in [0.25, 0.3) is 0 Å². The molecule has 1 fully saturated rings. The average molecular weight is 498 g/mol. The monoisotopic (exact) mass is 498 g/mol. The molecule has 3 rings (SSSR count). The molecule has 150 valence electrons. The van der Waals surface area contributed by atoms with Gasteiger partial charge in [-0.25, -0.2) is 9.37 Å². The summed E-state index contributed by atoms with van der Waals surface area (Å²) < 4.78 is 12.9. The van der Waals surface area contributed by atoms with Gasteiger partial charge < -0.3 is 20.4 Å². The maximum atomic E-state index is 12.9. The van der Waals surface area contributed by atoms with E-state index in [1.165, 1.54) is 24.3 Å². The molecule has 2 aromatic rings. The third-order valence-electron chi connectivity index (χ3n) is 4.30. The van der Waals surface area contributed by atoms with Crippen LogP contribution in [0.4, 0.5) is 15.9 Å². The number of halogens is 2. The predicted octanol–water partition coefficient (Wildman–Crippen LogP) is 2.17. The number of hydrogen-bond donors (Lipinski definition) is 2. The van der Waals surface area contributed by atoms with Crippen molar-refractivity contribution in [3.8, 4) is 0 Å². The number of aromatic nitrogens is 1. The Morgan fingerprint density at radius 2 is 1.86 bits per heavy atom. The van der Waals surface area contributed by atoms with Crippen LogP contribution in [-0.4, -0.2) is 61.5 Å². The lowest BCUT2D eigenvalue weighted by Crippen LogP contribution is -2.53. The van der Waals surface area contributed by atoms with Gasteiger partial charge in [-0.15, -0.1) is 24.0 Å². The van der Waals surface area contributed by atoms with Crippen LogP contribution in [0, 0.1) is 5.82 Å². The molecule has 0 bridgehead atoms. The van der Waals surface area contributed by atoms with Crippen LogP contribution < -0.4 is 15.5 Å². The lowest BCUT2D eigenvalue weighted by molar-refractivity contribution is -0.115. The van der Waals surface area contributed by atoms with Crippen molar-refractivity contribution in [2.45, 2.75) is 0 Å². The Morgan fingerprint density at radius 3 is 2.46 bits per heavy atom. The SMILES string of the molecule is CN=C(NCC(=O)Nc1ccc(F)cc1)N1CCN(c2ccccn2)CC1.I. The van der Waals surface area contributed by atoms with Crippen molar-refractivity contribution in [3.63, 3.8) is 0 Å². The van der Waals surface area contributed by atoms with E-state index in [-0.39, 0.29) is 42.2 Å². The molecule has 0 saturated carbocycles. The van der Waals surface area contributed by atoms with Crippen molar-refractivity contribution in [2.24, 2.45) is 4.99 Å². The Bertz CT molecular complexity index is 779. The second-order valence-corrected chi connectivity index (χ2v) is 6.12. The number of pyridine rings is 1. The first-order valence-electron chi connectivity index (χ1n) is 8.83. The number of nitrogens with one attached hydrogen (secondary N) is 2. The van der Waals surface area contributed by atoms with Crippen LogP contribution in [0.25, 0.3) is 0 Å². The summed E-state index contributed by atoms with van der Waals surface area (Å²) >= 11 is 0. The van der Waals surface area contributed by atoms with Crippen LogP contribution >= 0.6 is 24.0 Å². The molecule has 0 aliphatic carbocycles. The van der Waals surface area contributed by atoms with E-state index in [4.69, 9.17) is 0 Å². The Labute approximate surface area is 181 Å². The average Bonchev–Trinajstić information content (AvgIpc) is 2.71. The predicted molar refractivity (Wildman–Crippen MR) is 120 cm³/mol. The number of anilines is 2. The summed E-state index contributed by atoms with van der Waals surface area (Å²) in [4.78, 5) is 25.1. The van der Waals surface area contributed by atoms with Crippen molar-refractivity contribution < 1.29 is 9.18 Å². The smallest absolute Gasteiger partial charge is 0.243 e. The first kappa shape index (κ1) is 21.9. The highest BCUT2D eigenvalue weighted by Crippen LogP contribution is 2.12. The van der Waals surface area contributed by atoms with E-state index in [0.717, 1.165) is 32.0 Å². The fourth-order valence-electron chi connectivity index (χ4n) is 2.92. The second kappa shape index (κ2) is 10.8. The van der Waals surface area contributed by atoms with Crippen LogP contribution in [0.2, 0.25) is 0 Å². The third-order valence-corrected chi connectivity index (χ3v) is 4.30. The first-order valence-corrected chi connectivity index (χ1v) is 8.83. The van der Waals surface area contributed by atoms with Gasteiger partial charge in [0.2, 0.25) is 5.91 Å². The van der Waals surface area contributed by atoms with Gasteiger partial charge in [-0.2, -0.15) is 0 Å². The number of nitrogens with zero attached hydrogens (tertiary/aromatic N) is 4. The first-order chi connectivity index (χ1) is 13.2. The summed E-state index contributed by atoms with van der Waals surface area (Å²) in [7, 11) is 1.70. The highest BCUT2D eigenvalue weighted by molar-refractivity contribution is 14.0.